The molecule has 0 radical (unpaired) electrons. The van der Waals surface area contributed by atoms with Gasteiger partial charge in [-0.25, -0.2) is 15.0 Å². The Morgan fingerprint density at radius 1 is 1.26 bits per heavy atom. The zero-order chi connectivity index (χ0) is 24.9. The van der Waals surface area contributed by atoms with E-state index in [1.54, 1.807) is 44.7 Å². The molecular formula is C26H29N7O2. The minimum absolute atomic E-state index is 0.0128. The highest BCUT2D eigenvalue weighted by atomic mass is 16.5. The van der Waals surface area contributed by atoms with Gasteiger partial charge in [-0.15, -0.1) is 0 Å². The number of pyridine rings is 1. The van der Waals surface area contributed by atoms with Gasteiger partial charge >= 0.3 is 0 Å². The first-order valence-electron chi connectivity index (χ1n) is 11.4. The number of rotatable bonds is 7. The van der Waals surface area contributed by atoms with Crippen molar-refractivity contribution < 1.29 is 9.53 Å². The summed E-state index contributed by atoms with van der Waals surface area (Å²) < 4.78 is 5.19. The van der Waals surface area contributed by atoms with E-state index in [0.29, 0.717) is 23.8 Å². The van der Waals surface area contributed by atoms with Crippen molar-refractivity contribution in [3.05, 3.63) is 70.8 Å². The number of aryl methyl sites for hydroxylation is 1. The zero-order valence-electron chi connectivity index (χ0n) is 20.4. The van der Waals surface area contributed by atoms with E-state index in [4.69, 9.17) is 4.74 Å². The minimum atomic E-state index is -0.341. The van der Waals surface area contributed by atoms with Crippen LogP contribution in [0.1, 0.15) is 40.4 Å². The van der Waals surface area contributed by atoms with Crippen LogP contribution in [0.15, 0.2) is 42.9 Å². The number of methoxy groups -OCH3 is 1. The van der Waals surface area contributed by atoms with E-state index in [0.717, 1.165) is 41.0 Å². The summed E-state index contributed by atoms with van der Waals surface area (Å²) in [6.07, 6.45) is 4.24. The number of hydrogen-bond acceptors (Lipinski definition) is 8. The summed E-state index contributed by atoms with van der Waals surface area (Å²) in [4.78, 5) is 29.8. The molecule has 0 saturated heterocycles. The average Bonchev–Trinajstić information content (AvgIpc) is 2.88. The third-order valence-corrected chi connectivity index (χ3v) is 6.17. The lowest BCUT2D eigenvalue weighted by atomic mass is 10.0. The molecule has 0 bridgehead atoms. The van der Waals surface area contributed by atoms with Crippen molar-refractivity contribution in [2.24, 2.45) is 0 Å². The molecule has 35 heavy (non-hydrogen) atoms. The molecule has 0 aliphatic carbocycles. The van der Waals surface area contributed by atoms with Gasteiger partial charge in [0.05, 0.1) is 36.5 Å². The van der Waals surface area contributed by atoms with Crippen LogP contribution in [-0.2, 0) is 17.8 Å². The topological polar surface area (TPSA) is 107 Å². The summed E-state index contributed by atoms with van der Waals surface area (Å²) in [6, 6.07) is 11.6. The van der Waals surface area contributed by atoms with Crippen molar-refractivity contribution in [3.8, 4) is 11.9 Å². The Bertz CT molecular complexity index is 1250. The summed E-state index contributed by atoms with van der Waals surface area (Å²) in [5.74, 6) is 1.17. The van der Waals surface area contributed by atoms with Crippen molar-refractivity contribution in [1.82, 2.24) is 19.9 Å². The highest BCUT2D eigenvalue weighted by Crippen LogP contribution is 2.32. The number of hydrogen-bond donors (Lipinski definition) is 1. The Morgan fingerprint density at radius 3 is 2.77 bits per heavy atom. The Kier molecular flexibility index (Phi) is 7.11. The number of nitriles is 1. The summed E-state index contributed by atoms with van der Waals surface area (Å²) in [5.41, 5.74) is 5.39. The van der Waals surface area contributed by atoms with E-state index in [9.17, 15) is 10.1 Å². The third-order valence-electron chi connectivity index (χ3n) is 6.17. The number of ether oxygens (including phenoxy) is 1. The summed E-state index contributed by atoms with van der Waals surface area (Å²) in [6.45, 7) is 3.30. The number of benzene rings is 1. The number of anilines is 2. The molecular weight excluding hydrogens is 442 g/mol. The maximum Gasteiger partial charge on any atom is 0.224 e. The van der Waals surface area contributed by atoms with Gasteiger partial charge in [-0.2, -0.15) is 5.26 Å². The summed E-state index contributed by atoms with van der Waals surface area (Å²) >= 11 is 0. The van der Waals surface area contributed by atoms with Gasteiger partial charge in [0.1, 0.15) is 18.2 Å². The third kappa shape index (κ3) is 5.32. The van der Waals surface area contributed by atoms with Crippen LogP contribution >= 0.6 is 0 Å². The average molecular weight is 472 g/mol. The lowest BCUT2D eigenvalue weighted by molar-refractivity contribution is -0.128. The molecule has 2 aromatic heterocycles. The Hall–Kier alpha value is -4.19. The number of aromatic nitrogens is 3. The lowest BCUT2D eigenvalue weighted by Gasteiger charge is -2.32. The van der Waals surface area contributed by atoms with Crippen molar-refractivity contribution in [2.75, 3.05) is 38.0 Å². The predicted molar refractivity (Wildman–Crippen MR) is 133 cm³/mol. The molecule has 1 aliphatic heterocycles. The molecule has 0 saturated carbocycles. The second-order valence-corrected chi connectivity index (χ2v) is 8.77. The molecule has 1 aromatic carbocycles. The second kappa shape index (κ2) is 10.4. The molecule has 9 heteroatoms. The Balaban J connectivity index is 1.66. The van der Waals surface area contributed by atoms with Gasteiger partial charge < -0.3 is 19.9 Å². The number of carbonyl (C=O) groups is 1. The van der Waals surface area contributed by atoms with Crippen LogP contribution in [0, 0.1) is 18.3 Å². The highest BCUT2D eigenvalue weighted by Gasteiger charge is 2.26. The van der Waals surface area contributed by atoms with Crippen LogP contribution in [0.4, 0.5) is 11.5 Å². The number of fused-ring (bicyclic) bond motifs is 1. The molecule has 3 heterocycles. The standard InChI is InChI=1S/C26H29N7O2/c1-17-5-7-23(19(11-17)13-27)33-10-9-21-20(15-33)26(30-16-29-21)31-22(12-25(34)32(2)3)18-6-8-24(35-4)28-14-18/h5-8,11,14,16,22H,9-10,12,15H2,1-4H3,(H,29,30,31). The van der Waals surface area contributed by atoms with Gasteiger partial charge in [0.2, 0.25) is 11.8 Å². The molecule has 1 aliphatic rings. The van der Waals surface area contributed by atoms with Gasteiger partial charge in [0.25, 0.3) is 0 Å². The molecule has 1 unspecified atom stereocenters. The van der Waals surface area contributed by atoms with E-state index in [1.165, 1.54) is 0 Å². The first kappa shape index (κ1) is 24.0. The fourth-order valence-corrected chi connectivity index (χ4v) is 4.18. The van der Waals surface area contributed by atoms with Crippen LogP contribution in [-0.4, -0.2) is 53.5 Å². The van der Waals surface area contributed by atoms with Crippen LogP contribution in [0.5, 0.6) is 5.88 Å². The van der Waals surface area contributed by atoms with E-state index in [1.807, 2.05) is 31.2 Å². The van der Waals surface area contributed by atoms with Crippen molar-refractivity contribution in [1.29, 1.82) is 5.26 Å². The van der Waals surface area contributed by atoms with Gasteiger partial charge in [-0.05, 0) is 30.2 Å². The highest BCUT2D eigenvalue weighted by molar-refractivity contribution is 5.77. The number of nitrogens with one attached hydrogen (secondary N) is 1. The first-order chi connectivity index (χ1) is 16.9. The van der Waals surface area contributed by atoms with Gasteiger partial charge in [-0.3, -0.25) is 4.79 Å². The minimum Gasteiger partial charge on any atom is -0.481 e. The normalized spacial score (nSPS) is 13.4. The van der Waals surface area contributed by atoms with E-state index in [2.05, 4.69) is 31.2 Å². The van der Waals surface area contributed by atoms with E-state index >= 15 is 0 Å². The van der Waals surface area contributed by atoms with Gasteiger partial charge in [0.15, 0.2) is 0 Å². The van der Waals surface area contributed by atoms with Gasteiger partial charge in [-0.1, -0.05) is 12.1 Å². The molecule has 1 N–H and O–H groups in total. The van der Waals surface area contributed by atoms with E-state index in [-0.39, 0.29) is 18.4 Å². The fourth-order valence-electron chi connectivity index (χ4n) is 4.18. The Morgan fingerprint density at radius 2 is 2.09 bits per heavy atom. The Labute approximate surface area is 205 Å². The molecule has 0 spiro atoms. The predicted octanol–water partition coefficient (Wildman–Crippen LogP) is 3.25. The zero-order valence-corrected chi connectivity index (χ0v) is 20.4. The number of nitrogens with zero attached hydrogens (tertiary/aromatic N) is 6. The smallest absolute Gasteiger partial charge is 0.224 e. The molecule has 1 amide bonds. The first-order valence-corrected chi connectivity index (χ1v) is 11.4. The maximum absolute atomic E-state index is 12.6. The van der Waals surface area contributed by atoms with Crippen LogP contribution in [0.25, 0.3) is 0 Å². The monoisotopic (exact) mass is 471 g/mol. The van der Waals surface area contributed by atoms with Gasteiger partial charge in [0, 0.05) is 51.4 Å². The quantitative estimate of drug-likeness (QED) is 0.560. The van der Waals surface area contributed by atoms with Crippen LogP contribution in [0.3, 0.4) is 0 Å². The van der Waals surface area contributed by atoms with E-state index < -0.39 is 0 Å². The molecule has 3 aromatic rings. The van der Waals surface area contributed by atoms with Crippen molar-refractivity contribution in [3.63, 3.8) is 0 Å². The fraction of sp³-hybridized carbons (Fsp3) is 0.346. The van der Waals surface area contributed by atoms with Crippen LogP contribution < -0.4 is 15.0 Å². The summed E-state index contributed by atoms with van der Waals surface area (Å²) in [7, 11) is 5.05. The van der Waals surface area contributed by atoms with Crippen molar-refractivity contribution in [2.45, 2.75) is 32.4 Å². The number of carbonyl (C=O) groups excluding carboxylic acids is 1. The van der Waals surface area contributed by atoms with Crippen LogP contribution in [0.2, 0.25) is 0 Å². The molecule has 9 nitrogen and oxygen atoms in total. The molecule has 4 rings (SSSR count). The largest absolute Gasteiger partial charge is 0.481 e. The molecule has 1 atom stereocenters. The second-order valence-electron chi connectivity index (χ2n) is 8.77. The lowest BCUT2D eigenvalue weighted by Crippen LogP contribution is -2.33. The maximum atomic E-state index is 12.6. The summed E-state index contributed by atoms with van der Waals surface area (Å²) in [5, 5.41) is 13.2. The molecule has 0 fully saturated rings. The molecule has 180 valence electrons. The number of amides is 1. The van der Waals surface area contributed by atoms with Crippen molar-refractivity contribution >= 4 is 17.4 Å². The SMILES string of the molecule is COc1ccc(C(CC(=O)N(C)C)Nc2ncnc3c2CN(c2ccc(C)cc2C#N)CC3)cn1.